The van der Waals surface area contributed by atoms with Crippen LogP contribution in [0.3, 0.4) is 0 Å². The Hall–Kier alpha value is -1.68. The van der Waals surface area contributed by atoms with Crippen molar-refractivity contribution in [3.8, 4) is 5.69 Å². The molecule has 0 radical (unpaired) electrons. The molecule has 84 valence electrons. The highest BCUT2D eigenvalue weighted by Gasteiger charge is 2.08. The highest BCUT2D eigenvalue weighted by atomic mass is 16.3. The predicted octanol–water partition coefficient (Wildman–Crippen LogP) is 1.71. The minimum Gasteiger partial charge on any atom is -0.388 e. The molecule has 1 aromatic heterocycles. The van der Waals surface area contributed by atoms with Crippen LogP contribution in [-0.4, -0.2) is 19.9 Å². The molecule has 1 heterocycles. The molecular weight excluding hydrogens is 202 g/mol. The Kier molecular flexibility index (Phi) is 3.31. The fourth-order valence-corrected chi connectivity index (χ4v) is 1.79. The fourth-order valence-electron chi connectivity index (χ4n) is 1.79. The summed E-state index contributed by atoms with van der Waals surface area (Å²) in [7, 11) is 0. The zero-order valence-corrected chi connectivity index (χ0v) is 9.30. The third-order valence-electron chi connectivity index (χ3n) is 2.53. The SMILES string of the molecule is CCCc1ccccc1-n1cnnc1CO. The second-order valence-electron chi connectivity index (χ2n) is 3.65. The summed E-state index contributed by atoms with van der Waals surface area (Å²) >= 11 is 0. The maximum Gasteiger partial charge on any atom is 0.163 e. The highest BCUT2D eigenvalue weighted by Crippen LogP contribution is 2.17. The van der Waals surface area contributed by atoms with Gasteiger partial charge in [0.25, 0.3) is 0 Å². The van der Waals surface area contributed by atoms with Gasteiger partial charge in [-0.2, -0.15) is 0 Å². The van der Waals surface area contributed by atoms with Crippen LogP contribution in [0.5, 0.6) is 0 Å². The molecule has 0 unspecified atom stereocenters. The molecule has 0 amide bonds. The number of aromatic nitrogens is 3. The van der Waals surface area contributed by atoms with Crippen LogP contribution in [0.2, 0.25) is 0 Å². The number of hydrogen-bond donors (Lipinski definition) is 1. The Balaban J connectivity index is 2.46. The van der Waals surface area contributed by atoms with Crippen molar-refractivity contribution in [2.24, 2.45) is 0 Å². The van der Waals surface area contributed by atoms with Crippen molar-refractivity contribution >= 4 is 0 Å². The van der Waals surface area contributed by atoms with Gasteiger partial charge in [0, 0.05) is 0 Å². The lowest BCUT2D eigenvalue weighted by atomic mass is 10.1. The van der Waals surface area contributed by atoms with Gasteiger partial charge in [-0.3, -0.25) is 4.57 Å². The van der Waals surface area contributed by atoms with E-state index in [0.29, 0.717) is 5.82 Å². The van der Waals surface area contributed by atoms with Crippen molar-refractivity contribution in [2.75, 3.05) is 0 Å². The van der Waals surface area contributed by atoms with Crippen molar-refractivity contribution in [2.45, 2.75) is 26.4 Å². The third-order valence-corrected chi connectivity index (χ3v) is 2.53. The summed E-state index contributed by atoms with van der Waals surface area (Å²) in [5.74, 6) is 0.573. The molecule has 0 fully saturated rings. The van der Waals surface area contributed by atoms with E-state index < -0.39 is 0 Å². The average Bonchev–Trinajstić information content (AvgIpc) is 2.78. The minimum absolute atomic E-state index is 0.0968. The van der Waals surface area contributed by atoms with E-state index in [4.69, 9.17) is 5.11 Å². The Labute approximate surface area is 94.6 Å². The van der Waals surface area contributed by atoms with Gasteiger partial charge < -0.3 is 5.11 Å². The molecule has 2 aromatic rings. The molecule has 0 spiro atoms. The molecule has 4 heteroatoms. The topological polar surface area (TPSA) is 50.9 Å². The third kappa shape index (κ3) is 1.97. The summed E-state index contributed by atoms with van der Waals surface area (Å²) in [5, 5.41) is 16.9. The lowest BCUT2D eigenvalue weighted by Gasteiger charge is -2.10. The summed E-state index contributed by atoms with van der Waals surface area (Å²) in [6.07, 6.45) is 3.74. The van der Waals surface area contributed by atoms with E-state index in [2.05, 4.69) is 23.2 Å². The molecule has 0 aliphatic heterocycles. The number of aliphatic hydroxyl groups excluding tert-OH is 1. The van der Waals surface area contributed by atoms with Crippen LogP contribution in [0, 0.1) is 0 Å². The Bertz CT molecular complexity index is 465. The first-order valence-corrected chi connectivity index (χ1v) is 5.45. The van der Waals surface area contributed by atoms with Crippen LogP contribution in [0.25, 0.3) is 5.69 Å². The molecule has 0 atom stereocenters. The minimum atomic E-state index is -0.0968. The zero-order chi connectivity index (χ0) is 11.4. The number of nitrogens with zero attached hydrogens (tertiary/aromatic N) is 3. The smallest absolute Gasteiger partial charge is 0.163 e. The van der Waals surface area contributed by atoms with Crippen LogP contribution < -0.4 is 0 Å². The maximum atomic E-state index is 9.17. The Morgan fingerprint density at radius 1 is 1.31 bits per heavy atom. The normalized spacial score (nSPS) is 10.6. The molecule has 1 aromatic carbocycles. The number of para-hydroxylation sites is 1. The van der Waals surface area contributed by atoms with Gasteiger partial charge in [-0.05, 0) is 18.1 Å². The van der Waals surface area contributed by atoms with Crippen molar-refractivity contribution in [1.29, 1.82) is 0 Å². The number of aryl methyl sites for hydroxylation is 1. The summed E-state index contributed by atoms with van der Waals surface area (Å²) in [4.78, 5) is 0. The summed E-state index contributed by atoms with van der Waals surface area (Å²) in [6.45, 7) is 2.05. The number of aliphatic hydroxyl groups is 1. The summed E-state index contributed by atoms with van der Waals surface area (Å²) in [5.41, 5.74) is 2.30. The Morgan fingerprint density at radius 3 is 2.88 bits per heavy atom. The summed E-state index contributed by atoms with van der Waals surface area (Å²) < 4.78 is 1.84. The van der Waals surface area contributed by atoms with E-state index in [1.165, 1.54) is 5.56 Å². The van der Waals surface area contributed by atoms with Crippen LogP contribution in [0.15, 0.2) is 30.6 Å². The van der Waals surface area contributed by atoms with Gasteiger partial charge in [-0.25, -0.2) is 0 Å². The van der Waals surface area contributed by atoms with E-state index in [1.807, 2.05) is 22.8 Å². The average molecular weight is 217 g/mol. The van der Waals surface area contributed by atoms with Crippen molar-refractivity contribution < 1.29 is 5.11 Å². The fraction of sp³-hybridized carbons (Fsp3) is 0.333. The maximum absolute atomic E-state index is 9.17. The first kappa shape index (κ1) is 10.8. The Morgan fingerprint density at radius 2 is 2.12 bits per heavy atom. The van der Waals surface area contributed by atoms with E-state index in [1.54, 1.807) is 6.33 Å². The quantitative estimate of drug-likeness (QED) is 0.848. The zero-order valence-electron chi connectivity index (χ0n) is 9.30. The molecule has 0 aliphatic rings. The molecule has 0 aliphatic carbocycles. The monoisotopic (exact) mass is 217 g/mol. The standard InChI is InChI=1S/C12H15N3O/c1-2-5-10-6-3-4-7-11(10)15-9-13-14-12(15)8-16/h3-4,6-7,9,16H,2,5,8H2,1H3. The number of rotatable bonds is 4. The van der Waals surface area contributed by atoms with Gasteiger partial charge in [0.1, 0.15) is 12.9 Å². The number of benzene rings is 1. The first-order chi connectivity index (χ1) is 7.86. The van der Waals surface area contributed by atoms with Gasteiger partial charge >= 0.3 is 0 Å². The van der Waals surface area contributed by atoms with Gasteiger partial charge in [0.05, 0.1) is 5.69 Å². The van der Waals surface area contributed by atoms with Crippen LogP contribution >= 0.6 is 0 Å². The molecule has 0 saturated heterocycles. The van der Waals surface area contributed by atoms with Crippen LogP contribution in [0.4, 0.5) is 0 Å². The molecule has 16 heavy (non-hydrogen) atoms. The van der Waals surface area contributed by atoms with Crippen molar-refractivity contribution in [1.82, 2.24) is 14.8 Å². The van der Waals surface area contributed by atoms with Crippen molar-refractivity contribution in [3.05, 3.63) is 42.0 Å². The lowest BCUT2D eigenvalue weighted by Crippen LogP contribution is -2.03. The van der Waals surface area contributed by atoms with Crippen LogP contribution in [-0.2, 0) is 13.0 Å². The molecule has 1 N–H and O–H groups in total. The van der Waals surface area contributed by atoms with Gasteiger partial charge in [0.2, 0.25) is 0 Å². The van der Waals surface area contributed by atoms with E-state index in [-0.39, 0.29) is 6.61 Å². The molecule has 2 rings (SSSR count). The lowest BCUT2D eigenvalue weighted by molar-refractivity contribution is 0.269. The first-order valence-electron chi connectivity index (χ1n) is 5.45. The van der Waals surface area contributed by atoms with Crippen molar-refractivity contribution in [3.63, 3.8) is 0 Å². The number of hydrogen-bond acceptors (Lipinski definition) is 3. The van der Waals surface area contributed by atoms with E-state index >= 15 is 0 Å². The second-order valence-corrected chi connectivity index (χ2v) is 3.65. The van der Waals surface area contributed by atoms with Gasteiger partial charge in [-0.15, -0.1) is 10.2 Å². The second kappa shape index (κ2) is 4.90. The van der Waals surface area contributed by atoms with E-state index in [9.17, 15) is 0 Å². The predicted molar refractivity (Wildman–Crippen MR) is 61.3 cm³/mol. The van der Waals surface area contributed by atoms with E-state index in [0.717, 1.165) is 18.5 Å². The van der Waals surface area contributed by atoms with Gasteiger partial charge in [0.15, 0.2) is 5.82 Å². The molecule has 0 bridgehead atoms. The molecule has 0 saturated carbocycles. The largest absolute Gasteiger partial charge is 0.388 e. The molecular formula is C12H15N3O. The summed E-state index contributed by atoms with van der Waals surface area (Å²) in [6, 6.07) is 8.13. The molecule has 4 nitrogen and oxygen atoms in total. The van der Waals surface area contributed by atoms with Gasteiger partial charge in [-0.1, -0.05) is 31.5 Å². The van der Waals surface area contributed by atoms with Crippen LogP contribution in [0.1, 0.15) is 24.7 Å². The highest BCUT2D eigenvalue weighted by molar-refractivity contribution is 5.41.